The number of carbonyl (C=O) groups excluding carboxylic acids is 2. The van der Waals surface area contributed by atoms with E-state index in [1.165, 1.54) is 6.07 Å². The zero-order valence-electron chi connectivity index (χ0n) is 15.6. The molecule has 2 N–H and O–H groups in total. The predicted molar refractivity (Wildman–Crippen MR) is 101 cm³/mol. The summed E-state index contributed by atoms with van der Waals surface area (Å²) in [5.41, 5.74) is 2.40. The van der Waals surface area contributed by atoms with Crippen LogP contribution in [-0.4, -0.2) is 35.3 Å². The Balaban J connectivity index is 1.76. The summed E-state index contributed by atoms with van der Waals surface area (Å²) >= 11 is 0. The first kappa shape index (κ1) is 17.3. The van der Waals surface area contributed by atoms with E-state index in [4.69, 9.17) is 4.42 Å². The van der Waals surface area contributed by atoms with Gasteiger partial charge < -0.3 is 20.0 Å². The molecule has 2 amide bonds. The third-order valence-electron chi connectivity index (χ3n) is 6.20. The lowest BCUT2D eigenvalue weighted by molar-refractivity contribution is -0.134. The maximum Gasteiger partial charge on any atom is 0.278 e. The van der Waals surface area contributed by atoms with E-state index in [0.717, 1.165) is 31.4 Å². The van der Waals surface area contributed by atoms with Gasteiger partial charge in [-0.2, -0.15) is 4.39 Å². The summed E-state index contributed by atoms with van der Waals surface area (Å²) < 4.78 is 19.2. The summed E-state index contributed by atoms with van der Waals surface area (Å²) in [6.45, 7) is 1.96. The molecule has 1 aromatic heterocycles. The highest BCUT2D eigenvalue weighted by Crippen LogP contribution is 2.42. The Morgan fingerprint density at radius 3 is 2.93 bits per heavy atom. The Morgan fingerprint density at radius 2 is 2.11 bits per heavy atom. The lowest BCUT2D eigenvalue weighted by Gasteiger charge is -2.42. The van der Waals surface area contributed by atoms with Gasteiger partial charge in [-0.3, -0.25) is 9.59 Å². The van der Waals surface area contributed by atoms with Gasteiger partial charge in [0, 0.05) is 35.7 Å². The van der Waals surface area contributed by atoms with Gasteiger partial charge in [-0.05, 0) is 12.8 Å². The number of furan rings is 1. The van der Waals surface area contributed by atoms with Gasteiger partial charge in [-0.25, -0.2) is 0 Å². The predicted octanol–water partition coefficient (Wildman–Crippen LogP) is 2.76. The van der Waals surface area contributed by atoms with Gasteiger partial charge in [0.25, 0.3) is 11.9 Å². The Kier molecular flexibility index (Phi) is 3.92. The van der Waals surface area contributed by atoms with Crippen molar-refractivity contribution in [1.82, 2.24) is 15.5 Å². The molecule has 0 saturated heterocycles. The molecular weight excluding hydrogens is 361 g/mol. The summed E-state index contributed by atoms with van der Waals surface area (Å²) in [5.74, 6) is -0.289. The van der Waals surface area contributed by atoms with Gasteiger partial charge >= 0.3 is 0 Å². The van der Waals surface area contributed by atoms with Gasteiger partial charge in [0.1, 0.15) is 5.58 Å². The number of halogens is 1. The normalized spacial score (nSPS) is 27.1. The minimum absolute atomic E-state index is 0.0234. The maximum atomic E-state index is 13.9. The molecule has 0 radical (unpaired) electrons. The molecule has 2 unspecified atom stereocenters. The molecule has 146 valence electrons. The number of benzene rings is 1. The van der Waals surface area contributed by atoms with E-state index in [-0.39, 0.29) is 23.9 Å². The highest BCUT2D eigenvalue weighted by atomic mass is 19.1. The lowest BCUT2D eigenvalue weighted by atomic mass is 9.87. The third-order valence-corrected chi connectivity index (χ3v) is 6.20. The molecule has 2 aromatic rings. The fourth-order valence-corrected chi connectivity index (χ4v) is 5.07. The van der Waals surface area contributed by atoms with Gasteiger partial charge in [0.2, 0.25) is 5.91 Å². The number of para-hydroxylation sites is 1. The van der Waals surface area contributed by atoms with E-state index >= 15 is 0 Å². The summed E-state index contributed by atoms with van der Waals surface area (Å²) in [6.07, 6.45) is 3.95. The molecule has 3 atom stereocenters. The summed E-state index contributed by atoms with van der Waals surface area (Å²) in [4.78, 5) is 27.5. The van der Waals surface area contributed by atoms with Crippen molar-refractivity contribution in [3.05, 3.63) is 47.1 Å². The van der Waals surface area contributed by atoms with Crippen LogP contribution in [0.1, 0.15) is 44.2 Å². The van der Waals surface area contributed by atoms with Gasteiger partial charge in [0.15, 0.2) is 0 Å². The van der Waals surface area contributed by atoms with E-state index in [1.807, 2.05) is 17.0 Å². The molecule has 1 aliphatic carbocycles. The lowest BCUT2D eigenvalue weighted by Crippen LogP contribution is -2.53. The van der Waals surface area contributed by atoms with Crippen molar-refractivity contribution in [2.45, 2.75) is 50.7 Å². The number of hydrogen-bond acceptors (Lipinski definition) is 4. The average Bonchev–Trinajstić information content (AvgIpc) is 3.17. The van der Waals surface area contributed by atoms with Crippen molar-refractivity contribution < 1.29 is 18.4 Å². The van der Waals surface area contributed by atoms with E-state index < -0.39 is 12.1 Å². The molecule has 0 spiro atoms. The zero-order chi connectivity index (χ0) is 19.4. The number of nitrogens with one attached hydrogen (secondary N) is 2. The summed E-state index contributed by atoms with van der Waals surface area (Å²) in [7, 11) is 0. The van der Waals surface area contributed by atoms with Crippen LogP contribution in [0, 0.1) is 6.01 Å². The highest BCUT2D eigenvalue weighted by molar-refractivity contribution is 6.00. The van der Waals surface area contributed by atoms with Crippen molar-refractivity contribution in [2.24, 2.45) is 0 Å². The van der Waals surface area contributed by atoms with Crippen LogP contribution in [0.3, 0.4) is 0 Å². The van der Waals surface area contributed by atoms with Crippen LogP contribution in [0.4, 0.5) is 4.39 Å². The SMILES string of the molecule is CC(=O)N1C(c2cccc3cc(F)oc23)C2=C(CNC2=O)NC2CCCC[C@H]21. The molecule has 6 nitrogen and oxygen atoms in total. The van der Waals surface area contributed by atoms with Gasteiger partial charge in [0.05, 0.1) is 24.2 Å². The van der Waals surface area contributed by atoms with Crippen molar-refractivity contribution in [1.29, 1.82) is 0 Å². The smallest absolute Gasteiger partial charge is 0.278 e. The van der Waals surface area contributed by atoms with Crippen molar-refractivity contribution in [3.63, 3.8) is 0 Å². The van der Waals surface area contributed by atoms with E-state index in [1.54, 1.807) is 13.0 Å². The van der Waals surface area contributed by atoms with Crippen LogP contribution in [0.2, 0.25) is 0 Å². The molecule has 1 fully saturated rings. The first-order chi connectivity index (χ1) is 13.5. The molecule has 2 aliphatic heterocycles. The number of nitrogens with zero attached hydrogens (tertiary/aromatic N) is 1. The molecule has 0 bridgehead atoms. The van der Waals surface area contributed by atoms with Crippen LogP contribution in [0.15, 0.2) is 40.0 Å². The van der Waals surface area contributed by atoms with Crippen LogP contribution in [0.25, 0.3) is 11.0 Å². The second-order valence-electron chi connectivity index (χ2n) is 7.82. The second-order valence-corrected chi connectivity index (χ2v) is 7.82. The minimum Gasteiger partial charge on any atom is -0.431 e. The van der Waals surface area contributed by atoms with Crippen LogP contribution in [0.5, 0.6) is 0 Å². The molecule has 28 heavy (non-hydrogen) atoms. The number of amides is 2. The third kappa shape index (κ3) is 2.52. The van der Waals surface area contributed by atoms with E-state index in [9.17, 15) is 14.0 Å². The van der Waals surface area contributed by atoms with E-state index in [2.05, 4.69) is 10.6 Å². The van der Waals surface area contributed by atoms with Crippen LogP contribution >= 0.6 is 0 Å². The molecule has 1 aromatic carbocycles. The first-order valence-corrected chi connectivity index (χ1v) is 9.79. The van der Waals surface area contributed by atoms with Gasteiger partial charge in [-0.15, -0.1) is 0 Å². The zero-order valence-corrected chi connectivity index (χ0v) is 15.6. The summed E-state index contributed by atoms with van der Waals surface area (Å²) in [6, 6.07) is 5.54. The van der Waals surface area contributed by atoms with Crippen molar-refractivity contribution in [2.75, 3.05) is 6.54 Å². The molecule has 3 aliphatic rings. The van der Waals surface area contributed by atoms with Crippen molar-refractivity contribution in [3.8, 4) is 0 Å². The molecule has 5 rings (SSSR count). The Labute approximate surface area is 161 Å². The topological polar surface area (TPSA) is 74.6 Å². The molecule has 3 heterocycles. The highest BCUT2D eigenvalue weighted by Gasteiger charge is 2.46. The number of carbonyl (C=O) groups is 2. The molecular formula is C21H22FN3O3. The quantitative estimate of drug-likeness (QED) is 0.794. The Morgan fingerprint density at radius 1 is 1.29 bits per heavy atom. The number of hydrogen-bond donors (Lipinski definition) is 2. The number of rotatable bonds is 1. The van der Waals surface area contributed by atoms with Crippen molar-refractivity contribution >= 4 is 22.8 Å². The number of fused-ring (bicyclic) bond motifs is 2. The first-order valence-electron chi connectivity index (χ1n) is 9.79. The maximum absolute atomic E-state index is 13.9. The molecule has 1 saturated carbocycles. The standard InChI is InChI=1S/C21H22FN3O3/c1-11(26)25-16-8-3-2-7-14(16)24-15-10-23-21(27)18(15)19(25)13-6-4-5-12-9-17(22)28-20(12)13/h4-6,9,14,16,19,24H,2-3,7-8,10H2,1H3,(H,23,27)/t14?,16-,19?/m1/s1. The largest absolute Gasteiger partial charge is 0.431 e. The Hall–Kier alpha value is -2.83. The Bertz CT molecular complexity index is 1010. The van der Waals surface area contributed by atoms with Crippen LogP contribution in [-0.2, 0) is 9.59 Å². The fourth-order valence-electron chi connectivity index (χ4n) is 5.07. The fraction of sp³-hybridized carbons (Fsp3) is 0.429. The molecule has 7 heteroatoms. The van der Waals surface area contributed by atoms with Gasteiger partial charge in [-0.1, -0.05) is 31.0 Å². The van der Waals surface area contributed by atoms with E-state index in [0.29, 0.717) is 28.7 Å². The average molecular weight is 383 g/mol. The minimum atomic E-state index is -0.677. The monoisotopic (exact) mass is 383 g/mol. The summed E-state index contributed by atoms with van der Waals surface area (Å²) in [5, 5.41) is 7.05. The van der Waals surface area contributed by atoms with Crippen LogP contribution < -0.4 is 10.6 Å². The second kappa shape index (κ2) is 6.36.